The number of amides is 2. The van der Waals surface area contributed by atoms with Crippen molar-refractivity contribution in [3.63, 3.8) is 0 Å². The minimum absolute atomic E-state index is 0.0810. The van der Waals surface area contributed by atoms with Crippen LogP contribution >= 0.6 is 0 Å². The van der Waals surface area contributed by atoms with Gasteiger partial charge >= 0.3 is 0 Å². The molecule has 0 aromatic heterocycles. The first-order valence-electron chi connectivity index (χ1n) is 8.45. The molecule has 25 heavy (non-hydrogen) atoms. The molecule has 1 atom stereocenters. The van der Waals surface area contributed by atoms with Gasteiger partial charge in [0.05, 0.1) is 5.69 Å². The highest BCUT2D eigenvalue weighted by Gasteiger charge is 2.35. The van der Waals surface area contributed by atoms with Gasteiger partial charge in [-0.05, 0) is 39.1 Å². The molecular formula is C18H23N3O4. The average Bonchev–Trinajstić information content (AvgIpc) is 2.60. The molecule has 0 saturated carbocycles. The van der Waals surface area contributed by atoms with Gasteiger partial charge in [-0.15, -0.1) is 0 Å². The minimum Gasteiger partial charge on any atom is -0.482 e. The van der Waals surface area contributed by atoms with Gasteiger partial charge in [0.15, 0.2) is 12.4 Å². The van der Waals surface area contributed by atoms with Crippen LogP contribution in [0.3, 0.4) is 0 Å². The maximum Gasteiger partial charge on any atom is 0.265 e. The van der Waals surface area contributed by atoms with Gasteiger partial charge in [0.25, 0.3) is 5.91 Å². The van der Waals surface area contributed by atoms with Crippen molar-refractivity contribution in [3.05, 3.63) is 23.8 Å². The van der Waals surface area contributed by atoms with E-state index >= 15 is 0 Å². The number of carbonyl (C=O) groups is 3. The van der Waals surface area contributed by atoms with Crippen molar-refractivity contribution >= 4 is 23.3 Å². The summed E-state index contributed by atoms with van der Waals surface area (Å²) in [6.45, 7) is 6.04. The van der Waals surface area contributed by atoms with Gasteiger partial charge in [0.2, 0.25) is 5.91 Å². The SMILES string of the molecule is CC(=O)c1ccc2c(c1)N(C(C)C(=O)N1CCN(C)CC1)C(=O)CO2. The molecule has 2 heterocycles. The second-order valence-corrected chi connectivity index (χ2v) is 6.60. The number of hydrogen-bond acceptors (Lipinski definition) is 5. The highest BCUT2D eigenvalue weighted by molar-refractivity contribution is 6.05. The number of fused-ring (bicyclic) bond motifs is 1. The lowest BCUT2D eigenvalue weighted by atomic mass is 10.1. The molecule has 0 aliphatic carbocycles. The number of ketones is 1. The number of Topliss-reactive ketones (excluding diaryl/α,β-unsaturated/α-hetero) is 1. The number of rotatable bonds is 3. The van der Waals surface area contributed by atoms with Crippen LogP contribution < -0.4 is 9.64 Å². The summed E-state index contributed by atoms with van der Waals surface area (Å²) in [5, 5.41) is 0. The van der Waals surface area contributed by atoms with E-state index < -0.39 is 6.04 Å². The van der Waals surface area contributed by atoms with Gasteiger partial charge in [-0.3, -0.25) is 19.3 Å². The summed E-state index contributed by atoms with van der Waals surface area (Å²) in [4.78, 5) is 42.4. The van der Waals surface area contributed by atoms with Crippen LogP contribution in [0.1, 0.15) is 24.2 Å². The van der Waals surface area contributed by atoms with E-state index in [1.165, 1.54) is 11.8 Å². The Labute approximate surface area is 147 Å². The molecule has 1 saturated heterocycles. The van der Waals surface area contributed by atoms with Crippen molar-refractivity contribution < 1.29 is 19.1 Å². The van der Waals surface area contributed by atoms with Crippen molar-refractivity contribution in [2.24, 2.45) is 0 Å². The van der Waals surface area contributed by atoms with Crippen LogP contribution in [0, 0.1) is 0 Å². The van der Waals surface area contributed by atoms with Crippen molar-refractivity contribution in [1.82, 2.24) is 9.80 Å². The molecule has 1 aromatic rings. The zero-order valence-corrected chi connectivity index (χ0v) is 14.8. The number of hydrogen-bond donors (Lipinski definition) is 0. The van der Waals surface area contributed by atoms with E-state index in [4.69, 9.17) is 4.74 Å². The molecule has 3 rings (SSSR count). The van der Waals surface area contributed by atoms with Crippen LogP contribution in [0.2, 0.25) is 0 Å². The molecule has 1 fully saturated rings. The van der Waals surface area contributed by atoms with Crippen LogP contribution in [0.25, 0.3) is 0 Å². The minimum atomic E-state index is -0.638. The fraction of sp³-hybridized carbons (Fsp3) is 0.500. The monoisotopic (exact) mass is 345 g/mol. The quantitative estimate of drug-likeness (QED) is 0.757. The largest absolute Gasteiger partial charge is 0.482 e. The highest BCUT2D eigenvalue weighted by Crippen LogP contribution is 2.34. The number of piperazine rings is 1. The standard InChI is InChI=1S/C18H23N3O4/c1-12(18(24)20-8-6-19(3)7-9-20)21-15-10-14(13(2)22)4-5-16(15)25-11-17(21)23/h4-5,10,12H,6-9,11H2,1-3H3. The predicted octanol–water partition coefficient (Wildman–Crippen LogP) is 0.777. The average molecular weight is 345 g/mol. The second kappa shape index (κ2) is 6.84. The van der Waals surface area contributed by atoms with Gasteiger partial charge in [-0.2, -0.15) is 0 Å². The van der Waals surface area contributed by atoms with E-state index in [2.05, 4.69) is 4.90 Å². The van der Waals surface area contributed by atoms with E-state index in [0.29, 0.717) is 30.1 Å². The maximum atomic E-state index is 12.9. The first-order valence-corrected chi connectivity index (χ1v) is 8.45. The Kier molecular flexibility index (Phi) is 4.76. The molecule has 134 valence electrons. The highest BCUT2D eigenvalue weighted by atomic mass is 16.5. The maximum absolute atomic E-state index is 12.9. The Morgan fingerprint density at radius 3 is 2.48 bits per heavy atom. The van der Waals surface area contributed by atoms with Crippen LogP contribution in [0.15, 0.2) is 18.2 Å². The molecule has 2 amide bonds. The van der Waals surface area contributed by atoms with E-state index in [1.807, 2.05) is 7.05 Å². The smallest absolute Gasteiger partial charge is 0.265 e. The molecular weight excluding hydrogens is 322 g/mol. The molecule has 2 aliphatic rings. The Balaban J connectivity index is 1.88. The fourth-order valence-electron chi connectivity index (χ4n) is 3.22. The summed E-state index contributed by atoms with van der Waals surface area (Å²) in [6, 6.07) is 4.34. The van der Waals surface area contributed by atoms with Crippen LogP contribution in [-0.4, -0.2) is 73.3 Å². The molecule has 0 radical (unpaired) electrons. The Morgan fingerprint density at radius 2 is 1.84 bits per heavy atom. The molecule has 2 aliphatic heterocycles. The third-order valence-electron chi connectivity index (χ3n) is 4.80. The van der Waals surface area contributed by atoms with Gasteiger partial charge in [-0.1, -0.05) is 0 Å². The molecule has 0 N–H and O–H groups in total. The zero-order valence-electron chi connectivity index (χ0n) is 14.8. The molecule has 1 aromatic carbocycles. The second-order valence-electron chi connectivity index (χ2n) is 6.60. The van der Waals surface area contributed by atoms with Crippen molar-refractivity contribution in [3.8, 4) is 5.75 Å². The summed E-state index contributed by atoms with van der Waals surface area (Å²) < 4.78 is 5.46. The number of ether oxygens (including phenoxy) is 1. The van der Waals surface area contributed by atoms with Crippen LogP contribution in [-0.2, 0) is 9.59 Å². The topological polar surface area (TPSA) is 70.2 Å². The number of likely N-dealkylation sites (N-methyl/N-ethyl adjacent to an activating group) is 1. The van der Waals surface area contributed by atoms with Gasteiger partial charge < -0.3 is 14.5 Å². The predicted molar refractivity (Wildman–Crippen MR) is 93.0 cm³/mol. The first-order chi connectivity index (χ1) is 11.9. The number of benzene rings is 1. The Morgan fingerprint density at radius 1 is 1.16 bits per heavy atom. The summed E-state index contributed by atoms with van der Waals surface area (Å²) >= 11 is 0. The van der Waals surface area contributed by atoms with Crippen molar-refractivity contribution in [2.45, 2.75) is 19.9 Å². The van der Waals surface area contributed by atoms with E-state index in [0.717, 1.165) is 13.1 Å². The Hall–Kier alpha value is -2.41. The molecule has 7 nitrogen and oxygen atoms in total. The summed E-state index contributed by atoms with van der Waals surface area (Å²) in [6.07, 6.45) is 0. The number of anilines is 1. The summed E-state index contributed by atoms with van der Waals surface area (Å²) in [5.74, 6) is 0.0622. The van der Waals surface area contributed by atoms with E-state index in [-0.39, 0.29) is 24.2 Å². The third-order valence-corrected chi connectivity index (χ3v) is 4.80. The van der Waals surface area contributed by atoms with Crippen molar-refractivity contribution in [2.75, 3.05) is 44.7 Å². The lowest BCUT2D eigenvalue weighted by molar-refractivity contribution is -0.136. The lowest BCUT2D eigenvalue weighted by Gasteiger charge is -2.38. The zero-order chi connectivity index (χ0) is 18.1. The van der Waals surface area contributed by atoms with E-state index in [1.54, 1.807) is 30.0 Å². The normalized spacial score (nSPS) is 19.2. The Bertz CT molecular complexity index is 710. The molecule has 0 bridgehead atoms. The number of carbonyl (C=O) groups excluding carboxylic acids is 3. The van der Waals surface area contributed by atoms with Gasteiger partial charge in [0.1, 0.15) is 11.8 Å². The lowest BCUT2D eigenvalue weighted by Crippen LogP contribution is -2.56. The third kappa shape index (κ3) is 3.37. The van der Waals surface area contributed by atoms with Gasteiger partial charge in [-0.25, -0.2) is 0 Å². The van der Waals surface area contributed by atoms with Crippen LogP contribution in [0.4, 0.5) is 5.69 Å². The summed E-state index contributed by atoms with van der Waals surface area (Å²) in [5.41, 5.74) is 0.972. The number of nitrogens with zero attached hydrogens (tertiary/aromatic N) is 3. The molecule has 0 spiro atoms. The van der Waals surface area contributed by atoms with Crippen LogP contribution in [0.5, 0.6) is 5.75 Å². The molecule has 1 unspecified atom stereocenters. The fourth-order valence-corrected chi connectivity index (χ4v) is 3.22. The van der Waals surface area contributed by atoms with Gasteiger partial charge in [0, 0.05) is 31.7 Å². The summed E-state index contributed by atoms with van der Waals surface area (Å²) in [7, 11) is 2.02. The molecule has 7 heteroatoms. The van der Waals surface area contributed by atoms with Crippen molar-refractivity contribution in [1.29, 1.82) is 0 Å². The first kappa shape index (κ1) is 17.4. The van der Waals surface area contributed by atoms with E-state index in [9.17, 15) is 14.4 Å².